The molecular weight excluding hydrogens is 448 g/mol. The largest absolute Gasteiger partial charge is 0.457 e. The highest BCUT2D eigenvalue weighted by atomic mass is 16.5. The summed E-state index contributed by atoms with van der Waals surface area (Å²) < 4.78 is 10.1. The second-order valence-corrected chi connectivity index (χ2v) is 9.44. The van der Waals surface area contributed by atoms with Crippen LogP contribution in [0.4, 0.5) is 0 Å². The SMILES string of the molecule is C=C=[N+]1CCC(NC(=O)c2ccc(-c3cccc(Oc4ccc5c(C)nn(C)c5c4)c3)cc2C)CC1. The third-order valence-electron chi connectivity index (χ3n) is 6.94. The topological polar surface area (TPSA) is 59.2 Å². The molecule has 0 bridgehead atoms. The first-order valence-corrected chi connectivity index (χ1v) is 12.3. The molecular formula is C30H31N4O2+. The maximum atomic E-state index is 12.9. The van der Waals surface area contributed by atoms with E-state index in [1.54, 1.807) is 0 Å². The standard InChI is InChI=1S/C30H30N4O2/c1-5-34-15-13-24(14-16-34)31-30(35)27-11-9-23(17-20(27)2)22-7-6-8-25(18-22)36-26-10-12-28-21(3)32-33(4)29(28)19-26/h6-12,17-19,24H,1,13-16H2,2-4H3/p+1. The molecule has 0 radical (unpaired) electrons. The summed E-state index contributed by atoms with van der Waals surface area (Å²) in [6.45, 7) is 9.45. The zero-order valence-electron chi connectivity index (χ0n) is 21.0. The Balaban J connectivity index is 1.31. The van der Waals surface area contributed by atoms with Crippen LogP contribution in [0.25, 0.3) is 22.0 Å². The first-order valence-electron chi connectivity index (χ1n) is 12.3. The molecule has 36 heavy (non-hydrogen) atoms. The molecule has 0 aliphatic carbocycles. The number of carbonyl (C=O) groups is 1. The molecule has 0 unspecified atom stereocenters. The Morgan fingerprint density at radius 1 is 1.06 bits per heavy atom. The van der Waals surface area contributed by atoms with Gasteiger partial charge in [0, 0.05) is 49.5 Å². The van der Waals surface area contributed by atoms with E-state index in [0.717, 1.165) is 70.7 Å². The third-order valence-corrected chi connectivity index (χ3v) is 6.94. The summed E-state index contributed by atoms with van der Waals surface area (Å²) >= 11 is 0. The highest BCUT2D eigenvalue weighted by Gasteiger charge is 2.23. The number of ether oxygens (including phenoxy) is 1. The second-order valence-electron chi connectivity index (χ2n) is 9.44. The fourth-order valence-electron chi connectivity index (χ4n) is 4.90. The minimum absolute atomic E-state index is 0.0158. The van der Waals surface area contributed by atoms with E-state index in [9.17, 15) is 4.79 Å². The van der Waals surface area contributed by atoms with E-state index in [0.29, 0.717) is 5.56 Å². The Kier molecular flexibility index (Phi) is 6.45. The number of nitrogens with one attached hydrogen (secondary N) is 1. The van der Waals surface area contributed by atoms with Crippen molar-refractivity contribution in [2.75, 3.05) is 13.1 Å². The Labute approximate surface area is 211 Å². The molecule has 0 atom stereocenters. The van der Waals surface area contributed by atoms with Crippen LogP contribution in [0.15, 0.2) is 67.2 Å². The van der Waals surface area contributed by atoms with Gasteiger partial charge in [0.2, 0.25) is 0 Å². The molecule has 182 valence electrons. The number of hydrogen-bond donors (Lipinski definition) is 1. The summed E-state index contributed by atoms with van der Waals surface area (Å²) in [5.74, 6) is 4.43. The van der Waals surface area contributed by atoms with Crippen molar-refractivity contribution in [2.24, 2.45) is 7.05 Å². The van der Waals surface area contributed by atoms with Gasteiger partial charge in [-0.2, -0.15) is 9.67 Å². The number of rotatable bonds is 5. The smallest absolute Gasteiger partial charge is 0.251 e. The first kappa shape index (κ1) is 23.6. The summed E-state index contributed by atoms with van der Waals surface area (Å²) in [4.78, 5) is 12.9. The van der Waals surface area contributed by atoms with Gasteiger partial charge in [0.25, 0.3) is 5.91 Å². The van der Waals surface area contributed by atoms with Gasteiger partial charge in [-0.1, -0.05) is 24.3 Å². The lowest BCUT2D eigenvalue weighted by Crippen LogP contribution is -2.41. The number of hydrogen-bond acceptors (Lipinski definition) is 3. The van der Waals surface area contributed by atoms with Crippen LogP contribution in [0, 0.1) is 13.8 Å². The van der Waals surface area contributed by atoms with Crippen LogP contribution < -0.4 is 10.1 Å². The van der Waals surface area contributed by atoms with Crippen LogP contribution in [-0.4, -0.2) is 45.3 Å². The molecule has 3 aromatic carbocycles. The van der Waals surface area contributed by atoms with E-state index in [4.69, 9.17) is 4.74 Å². The van der Waals surface area contributed by atoms with E-state index in [1.165, 1.54) is 0 Å². The maximum absolute atomic E-state index is 12.9. The van der Waals surface area contributed by atoms with E-state index >= 15 is 0 Å². The number of aromatic nitrogens is 2. The number of piperidine rings is 1. The molecule has 5 rings (SSSR count). The lowest BCUT2D eigenvalue weighted by Gasteiger charge is -2.21. The van der Waals surface area contributed by atoms with Gasteiger partial charge in [-0.3, -0.25) is 9.48 Å². The Bertz CT molecular complexity index is 1500. The second kappa shape index (κ2) is 9.84. The highest BCUT2D eigenvalue weighted by molar-refractivity contribution is 5.96. The van der Waals surface area contributed by atoms with Gasteiger partial charge in [0.05, 0.1) is 11.2 Å². The fraction of sp³-hybridized carbons (Fsp3) is 0.267. The predicted octanol–water partition coefficient (Wildman–Crippen LogP) is 5.41. The van der Waals surface area contributed by atoms with Crippen LogP contribution in [0.2, 0.25) is 0 Å². The predicted molar refractivity (Wildman–Crippen MR) is 143 cm³/mol. The summed E-state index contributed by atoms with van der Waals surface area (Å²) in [5.41, 5.74) is 5.78. The summed E-state index contributed by atoms with van der Waals surface area (Å²) in [7, 11) is 1.94. The molecule has 1 aliphatic rings. The van der Waals surface area contributed by atoms with Crippen molar-refractivity contribution in [3.8, 4) is 22.6 Å². The third kappa shape index (κ3) is 4.81. The number of benzene rings is 3. The van der Waals surface area contributed by atoms with E-state index in [-0.39, 0.29) is 11.9 Å². The van der Waals surface area contributed by atoms with Crippen molar-refractivity contribution in [3.05, 3.63) is 84.1 Å². The Morgan fingerprint density at radius 2 is 1.81 bits per heavy atom. The number of nitrogens with zero attached hydrogens (tertiary/aromatic N) is 3. The summed E-state index contributed by atoms with van der Waals surface area (Å²) in [6, 6.07) is 20.2. The van der Waals surface area contributed by atoms with Crippen molar-refractivity contribution in [2.45, 2.75) is 32.7 Å². The van der Waals surface area contributed by atoms with Crippen LogP contribution in [0.5, 0.6) is 11.5 Å². The Hall–Kier alpha value is -4.15. The van der Waals surface area contributed by atoms with Crippen molar-refractivity contribution < 1.29 is 14.1 Å². The van der Waals surface area contributed by atoms with Crippen molar-refractivity contribution in [1.82, 2.24) is 15.1 Å². The number of aryl methyl sites for hydroxylation is 3. The Morgan fingerprint density at radius 3 is 2.56 bits per heavy atom. The van der Waals surface area contributed by atoms with Crippen molar-refractivity contribution in [1.29, 1.82) is 0 Å². The molecule has 0 spiro atoms. The van der Waals surface area contributed by atoms with Gasteiger partial charge >= 0.3 is 0 Å². The molecule has 6 nitrogen and oxygen atoms in total. The van der Waals surface area contributed by atoms with Crippen LogP contribution in [0.1, 0.15) is 34.5 Å². The highest BCUT2D eigenvalue weighted by Crippen LogP contribution is 2.30. The van der Waals surface area contributed by atoms with Crippen LogP contribution in [-0.2, 0) is 7.05 Å². The van der Waals surface area contributed by atoms with E-state index < -0.39 is 0 Å². The maximum Gasteiger partial charge on any atom is 0.251 e. The summed E-state index contributed by atoms with van der Waals surface area (Å²) in [5, 5.41) is 8.80. The number of amides is 1. The molecule has 0 saturated carbocycles. The van der Waals surface area contributed by atoms with Crippen LogP contribution in [0.3, 0.4) is 0 Å². The van der Waals surface area contributed by atoms with Crippen LogP contribution >= 0.6 is 0 Å². The monoisotopic (exact) mass is 479 g/mol. The van der Waals surface area contributed by atoms with Gasteiger partial charge < -0.3 is 10.1 Å². The summed E-state index contributed by atoms with van der Waals surface area (Å²) in [6.07, 6.45) is 1.82. The van der Waals surface area contributed by atoms with Gasteiger partial charge in [-0.15, -0.1) is 0 Å². The lowest BCUT2D eigenvalue weighted by molar-refractivity contribution is -0.531. The van der Waals surface area contributed by atoms with Crippen molar-refractivity contribution in [3.63, 3.8) is 0 Å². The normalized spacial score (nSPS) is 15.5. The quantitative estimate of drug-likeness (QED) is 0.390. The van der Waals surface area contributed by atoms with Crippen molar-refractivity contribution >= 4 is 22.7 Å². The van der Waals surface area contributed by atoms with Gasteiger partial charge in [-0.25, -0.2) is 0 Å². The fourth-order valence-corrected chi connectivity index (χ4v) is 4.90. The molecule has 6 heteroatoms. The average Bonchev–Trinajstić information content (AvgIpc) is 3.17. The van der Waals surface area contributed by atoms with Gasteiger partial charge in [0.1, 0.15) is 11.5 Å². The van der Waals surface area contributed by atoms with Gasteiger partial charge in [-0.05, 0) is 60.9 Å². The van der Waals surface area contributed by atoms with E-state index in [1.807, 2.05) is 74.1 Å². The molecule has 1 N–H and O–H groups in total. The number of carbonyl (C=O) groups excluding carboxylic acids is 1. The molecule has 4 aromatic rings. The molecule has 1 aromatic heterocycles. The molecule has 1 amide bonds. The van der Waals surface area contributed by atoms with Gasteiger partial charge in [0.15, 0.2) is 19.0 Å². The zero-order valence-corrected chi connectivity index (χ0v) is 21.0. The number of fused-ring (bicyclic) bond motifs is 1. The molecule has 1 saturated heterocycles. The zero-order chi connectivity index (χ0) is 25.2. The minimum atomic E-state index is -0.0158. The minimum Gasteiger partial charge on any atom is -0.457 e. The average molecular weight is 480 g/mol. The lowest BCUT2D eigenvalue weighted by atomic mass is 9.98. The molecule has 2 heterocycles. The molecule has 1 aliphatic heterocycles. The first-order chi connectivity index (χ1) is 17.4. The van der Waals surface area contributed by atoms with E-state index in [2.05, 4.69) is 39.6 Å². The molecule has 1 fully saturated rings.